The molecule has 0 saturated heterocycles. The molecule has 0 spiro atoms. The number of ether oxygens (including phenoxy) is 1. The van der Waals surface area contributed by atoms with Gasteiger partial charge in [-0.1, -0.05) is 29.8 Å². The van der Waals surface area contributed by atoms with Crippen LogP contribution in [0, 0.1) is 0 Å². The van der Waals surface area contributed by atoms with Crippen molar-refractivity contribution in [3.63, 3.8) is 0 Å². The second kappa shape index (κ2) is 7.72. The van der Waals surface area contributed by atoms with E-state index in [1.807, 2.05) is 31.2 Å². The van der Waals surface area contributed by atoms with E-state index in [4.69, 9.17) is 16.3 Å². The first-order chi connectivity index (χ1) is 13.0. The number of aromatic nitrogens is 1. The molecule has 3 aromatic rings. The van der Waals surface area contributed by atoms with Gasteiger partial charge in [0, 0.05) is 28.7 Å². The summed E-state index contributed by atoms with van der Waals surface area (Å²) in [4.78, 5) is 24.4. The number of fused-ring (bicyclic) bond motifs is 1. The third kappa shape index (κ3) is 3.61. The van der Waals surface area contributed by atoms with Crippen LogP contribution in [0.4, 0.5) is 5.69 Å². The maximum atomic E-state index is 12.6. The molecule has 0 aliphatic heterocycles. The maximum absolute atomic E-state index is 12.6. The third-order valence-corrected chi connectivity index (χ3v) is 4.66. The van der Waals surface area contributed by atoms with E-state index in [0.717, 1.165) is 10.9 Å². The number of methoxy groups -OCH3 is 1. The van der Waals surface area contributed by atoms with Crippen molar-refractivity contribution in [1.82, 2.24) is 4.57 Å². The number of aryl methyl sites for hydroxylation is 1. The van der Waals surface area contributed by atoms with Gasteiger partial charge in [0.2, 0.25) is 5.91 Å². The zero-order valence-electron chi connectivity index (χ0n) is 15.0. The number of rotatable bonds is 6. The van der Waals surface area contributed by atoms with Gasteiger partial charge in [-0.15, -0.1) is 0 Å². The van der Waals surface area contributed by atoms with E-state index in [0.29, 0.717) is 28.6 Å². The van der Waals surface area contributed by atoms with Crippen molar-refractivity contribution in [3.05, 3.63) is 58.7 Å². The Morgan fingerprint density at radius 1 is 1.22 bits per heavy atom. The number of benzene rings is 2. The third-order valence-electron chi connectivity index (χ3n) is 4.37. The lowest BCUT2D eigenvalue weighted by Crippen LogP contribution is -2.17. The topological polar surface area (TPSA) is 80.6 Å². The Morgan fingerprint density at radius 3 is 2.59 bits per heavy atom. The summed E-state index contributed by atoms with van der Waals surface area (Å²) in [6.07, 6.45) is -0.0568. The molecule has 3 rings (SSSR count). The molecule has 0 fully saturated rings. The number of carbonyl (C=O) groups is 2. The van der Waals surface area contributed by atoms with Gasteiger partial charge < -0.3 is 19.7 Å². The van der Waals surface area contributed by atoms with Crippen molar-refractivity contribution in [3.8, 4) is 5.75 Å². The quantitative estimate of drug-likeness (QED) is 0.665. The van der Waals surface area contributed by atoms with Crippen LogP contribution >= 0.6 is 11.6 Å². The molecular weight excluding hydrogens is 368 g/mol. The molecule has 0 radical (unpaired) electrons. The first-order valence-electron chi connectivity index (χ1n) is 8.43. The van der Waals surface area contributed by atoms with Crippen molar-refractivity contribution in [2.45, 2.75) is 19.9 Å². The predicted molar refractivity (Wildman–Crippen MR) is 105 cm³/mol. The minimum absolute atomic E-state index is 0.0568. The summed E-state index contributed by atoms with van der Waals surface area (Å²) in [5, 5.41) is 13.6. The highest BCUT2D eigenvalue weighted by Crippen LogP contribution is 2.29. The Kier molecular flexibility index (Phi) is 5.37. The molecule has 6 nitrogen and oxygen atoms in total. The van der Waals surface area contributed by atoms with E-state index in [1.165, 1.54) is 7.11 Å². The van der Waals surface area contributed by atoms with Gasteiger partial charge in [-0.25, -0.2) is 4.79 Å². The zero-order chi connectivity index (χ0) is 19.6. The highest BCUT2D eigenvalue weighted by Gasteiger charge is 2.23. The summed E-state index contributed by atoms with van der Waals surface area (Å²) in [6, 6.07) is 12.3. The molecule has 0 aliphatic carbocycles. The summed E-state index contributed by atoms with van der Waals surface area (Å²) in [6.45, 7) is 2.37. The molecule has 0 saturated carbocycles. The molecule has 2 aromatic carbocycles. The number of anilines is 1. The number of carboxylic acid groups (broad SMARTS) is 1. The fraction of sp³-hybridized carbons (Fsp3) is 0.200. The lowest BCUT2D eigenvalue weighted by Gasteiger charge is -2.09. The van der Waals surface area contributed by atoms with Gasteiger partial charge in [-0.3, -0.25) is 4.79 Å². The van der Waals surface area contributed by atoms with Gasteiger partial charge in [-0.2, -0.15) is 0 Å². The lowest BCUT2D eigenvalue weighted by atomic mass is 10.1. The highest BCUT2D eigenvalue weighted by atomic mass is 35.5. The summed E-state index contributed by atoms with van der Waals surface area (Å²) in [5.41, 5.74) is 1.95. The number of halogens is 1. The van der Waals surface area contributed by atoms with E-state index in [9.17, 15) is 14.7 Å². The maximum Gasteiger partial charge on any atom is 0.352 e. The number of nitrogens with zero attached hydrogens (tertiary/aromatic N) is 1. The number of para-hydroxylation sites is 1. The Labute approximate surface area is 161 Å². The number of carbonyl (C=O) groups excluding carboxylic acids is 1. The van der Waals surface area contributed by atoms with Gasteiger partial charge in [-0.05, 0) is 31.2 Å². The first-order valence-corrected chi connectivity index (χ1v) is 8.80. The van der Waals surface area contributed by atoms with Gasteiger partial charge in [0.25, 0.3) is 0 Å². The van der Waals surface area contributed by atoms with E-state index in [1.54, 1.807) is 22.8 Å². The SMILES string of the molecule is CCn1c(C(=O)O)c(CC(=O)Nc2ccc(OC)c(Cl)c2)c2ccccc21. The molecule has 2 N–H and O–H groups in total. The Balaban J connectivity index is 1.94. The van der Waals surface area contributed by atoms with E-state index in [-0.39, 0.29) is 18.0 Å². The number of amides is 1. The minimum Gasteiger partial charge on any atom is -0.495 e. The van der Waals surface area contributed by atoms with E-state index >= 15 is 0 Å². The van der Waals surface area contributed by atoms with Crippen molar-refractivity contribution >= 4 is 40.1 Å². The average Bonchev–Trinajstić information content (AvgIpc) is 2.95. The fourth-order valence-electron chi connectivity index (χ4n) is 3.24. The van der Waals surface area contributed by atoms with Crippen LogP contribution in [0.1, 0.15) is 23.0 Å². The second-order valence-corrected chi connectivity index (χ2v) is 6.38. The number of carboxylic acids is 1. The van der Waals surface area contributed by atoms with Crippen LogP contribution in [0.15, 0.2) is 42.5 Å². The van der Waals surface area contributed by atoms with Crippen LogP contribution in [-0.4, -0.2) is 28.7 Å². The first kappa shape index (κ1) is 18.8. The minimum atomic E-state index is -1.05. The number of hydrogen-bond donors (Lipinski definition) is 2. The fourth-order valence-corrected chi connectivity index (χ4v) is 3.49. The van der Waals surface area contributed by atoms with Gasteiger partial charge >= 0.3 is 5.97 Å². The molecule has 1 heterocycles. The molecular formula is C20H19ClN2O4. The van der Waals surface area contributed by atoms with E-state index in [2.05, 4.69) is 5.32 Å². The summed E-state index contributed by atoms with van der Waals surface area (Å²) in [5.74, 6) is -0.866. The summed E-state index contributed by atoms with van der Waals surface area (Å²) < 4.78 is 6.81. The van der Waals surface area contributed by atoms with Crippen molar-refractivity contribution in [2.24, 2.45) is 0 Å². The molecule has 0 aliphatic rings. The molecule has 0 atom stereocenters. The number of hydrogen-bond acceptors (Lipinski definition) is 3. The molecule has 0 unspecified atom stereocenters. The molecule has 140 valence electrons. The second-order valence-electron chi connectivity index (χ2n) is 5.97. The van der Waals surface area contributed by atoms with Crippen LogP contribution in [0.2, 0.25) is 5.02 Å². The predicted octanol–water partition coefficient (Wildman–Crippen LogP) is 4.20. The molecule has 1 aromatic heterocycles. The average molecular weight is 387 g/mol. The van der Waals surface area contributed by atoms with Crippen molar-refractivity contribution in [1.29, 1.82) is 0 Å². The van der Waals surface area contributed by atoms with E-state index < -0.39 is 5.97 Å². The summed E-state index contributed by atoms with van der Waals surface area (Å²) in [7, 11) is 1.51. The van der Waals surface area contributed by atoms with Gasteiger partial charge in [0.1, 0.15) is 11.4 Å². The lowest BCUT2D eigenvalue weighted by molar-refractivity contribution is -0.115. The van der Waals surface area contributed by atoms with Crippen molar-refractivity contribution < 1.29 is 19.4 Å². The van der Waals surface area contributed by atoms with Crippen LogP contribution in [0.25, 0.3) is 10.9 Å². The molecule has 1 amide bonds. The number of aromatic carboxylic acids is 1. The van der Waals surface area contributed by atoms with Crippen LogP contribution in [0.3, 0.4) is 0 Å². The normalized spacial score (nSPS) is 10.8. The van der Waals surface area contributed by atoms with Crippen molar-refractivity contribution in [2.75, 3.05) is 12.4 Å². The van der Waals surface area contributed by atoms with Crippen LogP contribution < -0.4 is 10.1 Å². The van der Waals surface area contributed by atoms with Gasteiger partial charge in [0.15, 0.2) is 0 Å². The molecule has 0 bridgehead atoms. The summed E-state index contributed by atoms with van der Waals surface area (Å²) >= 11 is 6.08. The molecule has 27 heavy (non-hydrogen) atoms. The Morgan fingerprint density at radius 2 is 1.96 bits per heavy atom. The Bertz CT molecular complexity index is 1030. The number of nitrogens with one attached hydrogen (secondary N) is 1. The zero-order valence-corrected chi connectivity index (χ0v) is 15.7. The van der Waals surface area contributed by atoms with Crippen LogP contribution in [0.5, 0.6) is 5.75 Å². The monoisotopic (exact) mass is 386 g/mol. The Hall–Kier alpha value is -2.99. The molecule has 7 heteroatoms. The smallest absolute Gasteiger partial charge is 0.352 e. The van der Waals surface area contributed by atoms with Crippen LogP contribution in [-0.2, 0) is 17.8 Å². The highest BCUT2D eigenvalue weighted by molar-refractivity contribution is 6.32. The largest absolute Gasteiger partial charge is 0.495 e. The van der Waals surface area contributed by atoms with Gasteiger partial charge in [0.05, 0.1) is 18.6 Å². The standard InChI is InChI=1S/C20H19ClN2O4/c1-3-23-16-7-5-4-6-13(16)14(19(23)20(25)26)11-18(24)22-12-8-9-17(27-2)15(21)10-12/h4-10H,3,11H2,1-2H3,(H,22,24)(H,25,26).